The molecule has 3 N–H and O–H groups in total. The van der Waals surface area contributed by atoms with Crippen LogP contribution in [-0.2, 0) is 0 Å². The van der Waals surface area contributed by atoms with Gasteiger partial charge in [-0.1, -0.05) is 0 Å². The van der Waals surface area contributed by atoms with E-state index >= 15 is 0 Å². The molecule has 1 saturated heterocycles. The predicted molar refractivity (Wildman–Crippen MR) is 58.8 cm³/mol. The second-order valence-corrected chi connectivity index (χ2v) is 3.80. The van der Waals surface area contributed by atoms with Crippen molar-refractivity contribution in [1.82, 2.24) is 20.3 Å². The third-order valence-corrected chi connectivity index (χ3v) is 2.67. The third-order valence-electron chi connectivity index (χ3n) is 2.67. The molecule has 3 rings (SSSR count). The van der Waals surface area contributed by atoms with Crippen LogP contribution in [0.3, 0.4) is 0 Å². The molecule has 1 aliphatic rings. The van der Waals surface area contributed by atoms with Gasteiger partial charge in [0, 0.05) is 18.8 Å². The highest BCUT2D eigenvalue weighted by molar-refractivity contribution is 5.71. The van der Waals surface area contributed by atoms with Crippen molar-refractivity contribution < 1.29 is 0 Å². The van der Waals surface area contributed by atoms with E-state index in [4.69, 9.17) is 0 Å². The van der Waals surface area contributed by atoms with E-state index in [1.54, 1.807) is 6.20 Å². The van der Waals surface area contributed by atoms with E-state index in [2.05, 4.69) is 25.6 Å². The minimum absolute atomic E-state index is 0.482. The molecule has 0 spiro atoms. The Morgan fingerprint density at radius 2 is 2.47 bits per heavy atom. The summed E-state index contributed by atoms with van der Waals surface area (Å²) >= 11 is 0. The molecular formula is C10H13N5. The van der Waals surface area contributed by atoms with Crippen molar-refractivity contribution in [2.45, 2.75) is 12.5 Å². The van der Waals surface area contributed by atoms with Crippen molar-refractivity contribution in [3.63, 3.8) is 0 Å². The van der Waals surface area contributed by atoms with Gasteiger partial charge in [-0.25, -0.2) is 9.97 Å². The molecular weight excluding hydrogens is 190 g/mol. The highest BCUT2D eigenvalue weighted by Crippen LogP contribution is 2.12. The summed E-state index contributed by atoms with van der Waals surface area (Å²) < 4.78 is 0. The molecule has 78 valence electrons. The molecule has 2 aromatic heterocycles. The van der Waals surface area contributed by atoms with Crippen LogP contribution >= 0.6 is 0 Å². The Morgan fingerprint density at radius 1 is 1.47 bits per heavy atom. The first kappa shape index (κ1) is 8.67. The summed E-state index contributed by atoms with van der Waals surface area (Å²) in [6.45, 7) is 2.09. The molecule has 0 aliphatic carbocycles. The molecule has 1 atom stereocenters. The van der Waals surface area contributed by atoms with E-state index in [-0.39, 0.29) is 0 Å². The SMILES string of the molecule is c1cc2nc(N[C@@H]3CCNC3)cnc2[nH]1. The van der Waals surface area contributed by atoms with Crippen LogP contribution in [0.25, 0.3) is 11.2 Å². The van der Waals surface area contributed by atoms with Crippen molar-refractivity contribution >= 4 is 17.0 Å². The Balaban J connectivity index is 1.84. The molecule has 3 heterocycles. The molecule has 0 unspecified atom stereocenters. The minimum atomic E-state index is 0.482. The van der Waals surface area contributed by atoms with E-state index < -0.39 is 0 Å². The first-order chi connectivity index (χ1) is 7.42. The van der Waals surface area contributed by atoms with E-state index in [0.717, 1.165) is 36.5 Å². The molecule has 1 fully saturated rings. The van der Waals surface area contributed by atoms with Gasteiger partial charge in [-0.05, 0) is 19.0 Å². The number of aromatic nitrogens is 3. The van der Waals surface area contributed by atoms with Gasteiger partial charge in [-0.3, -0.25) is 0 Å². The molecule has 1 aliphatic heterocycles. The van der Waals surface area contributed by atoms with Crippen LogP contribution in [0.5, 0.6) is 0 Å². The molecule has 0 amide bonds. The number of anilines is 1. The molecule has 5 nitrogen and oxygen atoms in total. The molecule has 0 saturated carbocycles. The number of aromatic amines is 1. The van der Waals surface area contributed by atoms with Crippen LogP contribution in [0.15, 0.2) is 18.5 Å². The molecule has 0 aromatic carbocycles. The second kappa shape index (κ2) is 3.51. The third kappa shape index (κ3) is 1.66. The lowest BCUT2D eigenvalue weighted by Crippen LogP contribution is -2.22. The van der Waals surface area contributed by atoms with Crippen molar-refractivity contribution in [2.24, 2.45) is 0 Å². The molecule has 2 aromatic rings. The zero-order chi connectivity index (χ0) is 10.1. The maximum Gasteiger partial charge on any atom is 0.156 e. The summed E-state index contributed by atoms with van der Waals surface area (Å²) in [5, 5.41) is 6.68. The molecule has 0 bridgehead atoms. The number of nitrogens with zero attached hydrogens (tertiary/aromatic N) is 2. The van der Waals surface area contributed by atoms with Crippen molar-refractivity contribution in [2.75, 3.05) is 18.4 Å². The topological polar surface area (TPSA) is 65.6 Å². The first-order valence-corrected chi connectivity index (χ1v) is 5.19. The summed E-state index contributed by atoms with van der Waals surface area (Å²) in [5.41, 5.74) is 1.75. The summed E-state index contributed by atoms with van der Waals surface area (Å²) in [5.74, 6) is 0.857. The number of nitrogens with one attached hydrogen (secondary N) is 3. The van der Waals surface area contributed by atoms with Crippen molar-refractivity contribution in [1.29, 1.82) is 0 Å². The quantitative estimate of drug-likeness (QED) is 0.673. The van der Waals surface area contributed by atoms with Gasteiger partial charge in [0.05, 0.1) is 6.20 Å². The van der Waals surface area contributed by atoms with E-state index in [9.17, 15) is 0 Å². The van der Waals surface area contributed by atoms with Crippen LogP contribution in [0, 0.1) is 0 Å². The zero-order valence-electron chi connectivity index (χ0n) is 8.33. The normalized spacial score (nSPS) is 20.9. The number of fused-ring (bicyclic) bond motifs is 1. The average molecular weight is 203 g/mol. The highest BCUT2D eigenvalue weighted by atomic mass is 15.1. The largest absolute Gasteiger partial charge is 0.365 e. The van der Waals surface area contributed by atoms with Crippen LogP contribution in [0.1, 0.15) is 6.42 Å². The Labute approximate surface area is 87.3 Å². The second-order valence-electron chi connectivity index (χ2n) is 3.80. The number of H-pyrrole nitrogens is 1. The zero-order valence-corrected chi connectivity index (χ0v) is 8.33. The Bertz CT molecular complexity index is 458. The summed E-state index contributed by atoms with van der Waals surface area (Å²) in [7, 11) is 0. The van der Waals surface area contributed by atoms with Crippen molar-refractivity contribution in [3.05, 3.63) is 18.5 Å². The van der Waals surface area contributed by atoms with Gasteiger partial charge in [0.1, 0.15) is 11.3 Å². The maximum absolute atomic E-state index is 4.47. The van der Waals surface area contributed by atoms with Crippen molar-refractivity contribution in [3.8, 4) is 0 Å². The Morgan fingerprint density at radius 3 is 3.33 bits per heavy atom. The average Bonchev–Trinajstić information content (AvgIpc) is 2.87. The predicted octanol–water partition coefficient (Wildman–Crippen LogP) is 0.732. The monoisotopic (exact) mass is 203 g/mol. The minimum Gasteiger partial charge on any atom is -0.365 e. The fraction of sp³-hybridized carbons (Fsp3) is 0.400. The van der Waals surface area contributed by atoms with Crippen LogP contribution in [-0.4, -0.2) is 34.1 Å². The summed E-state index contributed by atoms with van der Waals surface area (Å²) in [4.78, 5) is 11.8. The maximum atomic E-state index is 4.47. The fourth-order valence-corrected chi connectivity index (χ4v) is 1.89. The summed E-state index contributed by atoms with van der Waals surface area (Å²) in [6.07, 6.45) is 4.77. The molecule has 0 radical (unpaired) electrons. The lowest BCUT2D eigenvalue weighted by Gasteiger charge is -2.10. The lowest BCUT2D eigenvalue weighted by molar-refractivity contribution is 0.788. The standard InChI is InChI=1S/C10H13N5/c1-3-11-5-7(1)14-9-6-13-10-8(15-9)2-4-12-10/h2,4,6-7,11H,1,3,5H2,(H,12,13)(H,14,15)/t7-/m1/s1. The van der Waals surface area contributed by atoms with Gasteiger partial charge in [-0.2, -0.15) is 0 Å². The number of hydrogen-bond acceptors (Lipinski definition) is 4. The number of rotatable bonds is 2. The fourth-order valence-electron chi connectivity index (χ4n) is 1.89. The van der Waals surface area contributed by atoms with Gasteiger partial charge >= 0.3 is 0 Å². The van der Waals surface area contributed by atoms with Gasteiger partial charge in [0.2, 0.25) is 0 Å². The van der Waals surface area contributed by atoms with Gasteiger partial charge in [0.25, 0.3) is 0 Å². The highest BCUT2D eigenvalue weighted by Gasteiger charge is 2.14. The smallest absolute Gasteiger partial charge is 0.156 e. The van der Waals surface area contributed by atoms with Crippen LogP contribution in [0.2, 0.25) is 0 Å². The van der Waals surface area contributed by atoms with Gasteiger partial charge < -0.3 is 15.6 Å². The van der Waals surface area contributed by atoms with Crippen LogP contribution in [0.4, 0.5) is 5.82 Å². The van der Waals surface area contributed by atoms with E-state index in [1.165, 1.54) is 0 Å². The van der Waals surface area contributed by atoms with Gasteiger partial charge in [-0.15, -0.1) is 0 Å². The van der Waals surface area contributed by atoms with Gasteiger partial charge in [0.15, 0.2) is 5.65 Å². The molecule has 15 heavy (non-hydrogen) atoms. The van der Waals surface area contributed by atoms with E-state index in [0.29, 0.717) is 6.04 Å². The summed E-state index contributed by atoms with van der Waals surface area (Å²) in [6, 6.07) is 2.41. The number of hydrogen-bond donors (Lipinski definition) is 3. The first-order valence-electron chi connectivity index (χ1n) is 5.19. The lowest BCUT2D eigenvalue weighted by atomic mass is 10.3. The Hall–Kier alpha value is -1.62. The van der Waals surface area contributed by atoms with Crippen LogP contribution < -0.4 is 10.6 Å². The Kier molecular flexibility index (Phi) is 2.03. The molecule has 5 heteroatoms. The van der Waals surface area contributed by atoms with E-state index in [1.807, 2.05) is 12.3 Å².